The maximum absolute atomic E-state index is 10.5. The van der Waals surface area contributed by atoms with E-state index in [-0.39, 0.29) is 18.7 Å². The molecule has 1 rings (SSSR count). The molecule has 1 N–H and O–H groups in total. The molecule has 1 aromatic heterocycles. The van der Waals surface area contributed by atoms with E-state index in [9.17, 15) is 14.9 Å². The Hall–Kier alpha value is -2.44. The highest BCUT2D eigenvalue weighted by Crippen LogP contribution is 2.15. The van der Waals surface area contributed by atoms with Gasteiger partial charge in [-0.25, -0.2) is 4.98 Å². The number of hydrogen-bond acceptors (Lipinski definition) is 5. The standard InChI is InChI=1S/C11H13N3O4/c1-2-6-13(7-5-11(15)16)10-4-3-9(8-12-10)14(17)18/h2-4,8H,1,5-7H2,(H,15,16). The second kappa shape index (κ2) is 6.33. The van der Waals surface area contributed by atoms with E-state index < -0.39 is 10.9 Å². The fourth-order valence-corrected chi connectivity index (χ4v) is 1.36. The zero-order valence-corrected chi connectivity index (χ0v) is 9.65. The Morgan fingerprint density at radius 3 is 2.78 bits per heavy atom. The van der Waals surface area contributed by atoms with Gasteiger partial charge in [-0.3, -0.25) is 14.9 Å². The quantitative estimate of drug-likeness (QED) is 0.447. The van der Waals surface area contributed by atoms with Crippen LogP contribution in [0.3, 0.4) is 0 Å². The van der Waals surface area contributed by atoms with Gasteiger partial charge in [0, 0.05) is 19.2 Å². The minimum Gasteiger partial charge on any atom is -0.481 e. The van der Waals surface area contributed by atoms with Gasteiger partial charge in [0.2, 0.25) is 0 Å². The predicted molar refractivity (Wildman–Crippen MR) is 65.6 cm³/mol. The Labute approximate surface area is 104 Å². The van der Waals surface area contributed by atoms with E-state index in [2.05, 4.69) is 11.6 Å². The highest BCUT2D eigenvalue weighted by Gasteiger charge is 2.11. The molecule has 0 amide bonds. The van der Waals surface area contributed by atoms with Crippen molar-refractivity contribution in [3.05, 3.63) is 41.1 Å². The van der Waals surface area contributed by atoms with Crippen LogP contribution in [0.15, 0.2) is 31.0 Å². The smallest absolute Gasteiger partial charge is 0.305 e. The first-order chi connectivity index (χ1) is 8.54. The van der Waals surface area contributed by atoms with Gasteiger partial charge in [-0.2, -0.15) is 0 Å². The summed E-state index contributed by atoms with van der Waals surface area (Å²) in [4.78, 5) is 26.1. The molecule has 0 spiro atoms. The van der Waals surface area contributed by atoms with Crippen molar-refractivity contribution in [2.45, 2.75) is 6.42 Å². The molecular formula is C11H13N3O4. The molecule has 0 unspecified atom stereocenters. The summed E-state index contributed by atoms with van der Waals surface area (Å²) in [5.41, 5.74) is -0.101. The van der Waals surface area contributed by atoms with Gasteiger partial charge < -0.3 is 10.0 Å². The summed E-state index contributed by atoms with van der Waals surface area (Å²) >= 11 is 0. The Morgan fingerprint density at radius 2 is 2.33 bits per heavy atom. The molecule has 7 nitrogen and oxygen atoms in total. The summed E-state index contributed by atoms with van der Waals surface area (Å²) in [6.45, 7) is 4.27. The number of nitro groups is 1. The first-order valence-corrected chi connectivity index (χ1v) is 5.22. The number of aliphatic carboxylic acids is 1. The highest BCUT2D eigenvalue weighted by atomic mass is 16.6. The molecule has 7 heteroatoms. The van der Waals surface area contributed by atoms with Gasteiger partial charge in [0.15, 0.2) is 0 Å². The average Bonchev–Trinajstić information content (AvgIpc) is 2.34. The molecule has 0 aromatic carbocycles. The van der Waals surface area contributed by atoms with Crippen LogP contribution in [0.4, 0.5) is 11.5 Å². The minimum atomic E-state index is -0.911. The Kier molecular flexibility index (Phi) is 4.79. The molecular weight excluding hydrogens is 238 g/mol. The highest BCUT2D eigenvalue weighted by molar-refractivity contribution is 5.67. The molecule has 0 saturated heterocycles. The lowest BCUT2D eigenvalue weighted by Gasteiger charge is -2.20. The predicted octanol–water partition coefficient (Wildman–Crippen LogP) is 1.46. The topological polar surface area (TPSA) is 96.6 Å². The largest absolute Gasteiger partial charge is 0.481 e. The molecule has 0 aliphatic carbocycles. The van der Waals surface area contributed by atoms with Gasteiger partial charge in [0.25, 0.3) is 5.69 Å². The van der Waals surface area contributed by atoms with Crippen LogP contribution in [0.5, 0.6) is 0 Å². The fraction of sp³-hybridized carbons (Fsp3) is 0.273. The van der Waals surface area contributed by atoms with Crippen molar-refractivity contribution in [2.24, 2.45) is 0 Å². The summed E-state index contributed by atoms with van der Waals surface area (Å²) in [5, 5.41) is 19.1. The third-order valence-corrected chi connectivity index (χ3v) is 2.21. The Morgan fingerprint density at radius 1 is 1.61 bits per heavy atom. The van der Waals surface area contributed by atoms with Crippen LogP contribution in [0.2, 0.25) is 0 Å². The Bertz CT molecular complexity index is 444. The van der Waals surface area contributed by atoms with Crippen molar-refractivity contribution in [3.63, 3.8) is 0 Å². The first-order valence-electron chi connectivity index (χ1n) is 5.22. The summed E-state index contributed by atoms with van der Waals surface area (Å²) in [6, 6.07) is 2.82. The van der Waals surface area contributed by atoms with Crippen LogP contribution in [0, 0.1) is 10.1 Å². The van der Waals surface area contributed by atoms with Gasteiger partial charge in [-0.05, 0) is 6.07 Å². The van der Waals surface area contributed by atoms with Gasteiger partial charge in [-0.1, -0.05) is 6.08 Å². The van der Waals surface area contributed by atoms with E-state index in [1.54, 1.807) is 11.0 Å². The molecule has 0 bridgehead atoms. The van der Waals surface area contributed by atoms with Crippen molar-refractivity contribution < 1.29 is 14.8 Å². The van der Waals surface area contributed by atoms with Crippen molar-refractivity contribution in [2.75, 3.05) is 18.0 Å². The summed E-state index contributed by atoms with van der Waals surface area (Å²) in [6.07, 6.45) is 2.73. The summed E-state index contributed by atoms with van der Waals surface area (Å²) < 4.78 is 0. The average molecular weight is 251 g/mol. The molecule has 0 aliphatic heterocycles. The normalized spacial score (nSPS) is 9.78. The number of aromatic nitrogens is 1. The zero-order chi connectivity index (χ0) is 13.5. The molecule has 1 aromatic rings. The van der Waals surface area contributed by atoms with E-state index in [1.165, 1.54) is 12.1 Å². The number of anilines is 1. The van der Waals surface area contributed by atoms with E-state index >= 15 is 0 Å². The van der Waals surface area contributed by atoms with Crippen molar-refractivity contribution in [1.82, 2.24) is 4.98 Å². The molecule has 1 heterocycles. The zero-order valence-electron chi connectivity index (χ0n) is 9.65. The van der Waals surface area contributed by atoms with Crippen LogP contribution < -0.4 is 4.90 Å². The minimum absolute atomic E-state index is 0.0352. The molecule has 18 heavy (non-hydrogen) atoms. The van der Waals surface area contributed by atoms with Crippen LogP contribution in [-0.2, 0) is 4.79 Å². The lowest BCUT2D eigenvalue weighted by molar-refractivity contribution is -0.385. The summed E-state index contributed by atoms with van der Waals surface area (Å²) in [5.74, 6) is -0.423. The molecule has 0 saturated carbocycles. The van der Waals surface area contributed by atoms with Gasteiger partial charge >= 0.3 is 5.97 Å². The number of pyridine rings is 1. The monoisotopic (exact) mass is 251 g/mol. The van der Waals surface area contributed by atoms with Crippen molar-refractivity contribution in [3.8, 4) is 0 Å². The molecule has 0 aliphatic rings. The van der Waals surface area contributed by atoms with Gasteiger partial charge in [0.1, 0.15) is 12.0 Å². The van der Waals surface area contributed by atoms with Gasteiger partial charge in [0.05, 0.1) is 11.3 Å². The Balaban J connectivity index is 2.81. The molecule has 0 fully saturated rings. The lowest BCUT2D eigenvalue weighted by Crippen LogP contribution is -2.27. The third kappa shape index (κ3) is 3.85. The maximum atomic E-state index is 10.5. The van der Waals surface area contributed by atoms with Crippen LogP contribution in [0.25, 0.3) is 0 Å². The molecule has 0 radical (unpaired) electrons. The third-order valence-electron chi connectivity index (χ3n) is 2.21. The lowest BCUT2D eigenvalue weighted by atomic mass is 10.3. The van der Waals surface area contributed by atoms with E-state index in [0.29, 0.717) is 12.4 Å². The van der Waals surface area contributed by atoms with E-state index in [1.807, 2.05) is 0 Å². The second-order valence-electron chi connectivity index (χ2n) is 3.51. The fourth-order valence-electron chi connectivity index (χ4n) is 1.36. The van der Waals surface area contributed by atoms with Crippen molar-refractivity contribution >= 4 is 17.5 Å². The number of carboxylic acid groups (broad SMARTS) is 1. The number of rotatable bonds is 7. The number of nitrogens with zero attached hydrogens (tertiary/aromatic N) is 3. The van der Waals surface area contributed by atoms with Crippen LogP contribution >= 0.6 is 0 Å². The van der Waals surface area contributed by atoms with Gasteiger partial charge in [-0.15, -0.1) is 6.58 Å². The van der Waals surface area contributed by atoms with E-state index in [4.69, 9.17) is 5.11 Å². The van der Waals surface area contributed by atoms with E-state index in [0.717, 1.165) is 6.20 Å². The number of carbonyl (C=O) groups is 1. The number of hydrogen-bond donors (Lipinski definition) is 1. The van der Waals surface area contributed by atoms with Crippen LogP contribution in [-0.4, -0.2) is 34.1 Å². The number of carboxylic acids is 1. The van der Waals surface area contributed by atoms with Crippen LogP contribution in [0.1, 0.15) is 6.42 Å². The maximum Gasteiger partial charge on any atom is 0.305 e. The molecule has 96 valence electrons. The second-order valence-corrected chi connectivity index (χ2v) is 3.51. The molecule has 0 atom stereocenters. The summed E-state index contributed by atoms with van der Waals surface area (Å²) in [7, 11) is 0. The SMILES string of the molecule is C=CCN(CCC(=O)O)c1ccc([N+](=O)[O-])cn1. The van der Waals surface area contributed by atoms with Crippen molar-refractivity contribution in [1.29, 1.82) is 0 Å². The first kappa shape index (κ1) is 13.6.